The summed E-state index contributed by atoms with van der Waals surface area (Å²) in [5, 5.41) is 3.67. The summed E-state index contributed by atoms with van der Waals surface area (Å²) in [5.74, 6) is 0.757. The van der Waals surface area contributed by atoms with Gasteiger partial charge in [0.1, 0.15) is 0 Å². The van der Waals surface area contributed by atoms with Gasteiger partial charge in [-0.15, -0.1) is 0 Å². The Morgan fingerprint density at radius 3 is 2.45 bits per heavy atom. The van der Waals surface area contributed by atoms with Crippen LogP contribution in [0.1, 0.15) is 42.7 Å². The second-order valence-electron chi connectivity index (χ2n) is 5.70. The lowest BCUT2D eigenvalue weighted by Crippen LogP contribution is -2.32. The number of hydrogen-bond donors (Lipinski definition) is 1. The lowest BCUT2D eigenvalue weighted by atomic mass is 9.82. The number of pyridine rings is 1. The molecule has 1 saturated carbocycles. The van der Waals surface area contributed by atoms with Crippen molar-refractivity contribution in [1.29, 1.82) is 0 Å². The fourth-order valence-corrected chi connectivity index (χ4v) is 3.12. The summed E-state index contributed by atoms with van der Waals surface area (Å²) in [5.41, 5.74) is 2.79. The van der Waals surface area contributed by atoms with Crippen molar-refractivity contribution in [2.45, 2.75) is 44.2 Å². The average Bonchev–Trinajstić information content (AvgIpc) is 2.55. The van der Waals surface area contributed by atoms with Crippen LogP contribution in [-0.4, -0.2) is 11.0 Å². The number of hydrogen-bond acceptors (Lipinski definition) is 2. The van der Waals surface area contributed by atoms with Crippen molar-refractivity contribution in [3.8, 4) is 0 Å². The van der Waals surface area contributed by atoms with Crippen molar-refractivity contribution >= 4 is 0 Å². The van der Waals surface area contributed by atoms with Crippen molar-refractivity contribution in [3.63, 3.8) is 0 Å². The highest BCUT2D eigenvalue weighted by atomic mass is 14.9. The molecular formula is C18H22N2. The first-order chi connectivity index (χ1) is 9.92. The summed E-state index contributed by atoms with van der Waals surface area (Å²) < 4.78 is 0. The molecule has 1 fully saturated rings. The number of aromatic nitrogens is 1. The maximum absolute atomic E-state index is 4.16. The highest BCUT2D eigenvalue weighted by Gasteiger charge is 2.21. The first-order valence-electron chi connectivity index (χ1n) is 7.59. The largest absolute Gasteiger partial charge is 0.310 e. The summed E-state index contributed by atoms with van der Waals surface area (Å²) in [6, 6.07) is 15.8. The molecule has 2 nitrogen and oxygen atoms in total. The van der Waals surface area contributed by atoms with E-state index in [9.17, 15) is 0 Å². The van der Waals surface area contributed by atoms with Crippen molar-refractivity contribution in [1.82, 2.24) is 10.3 Å². The van der Waals surface area contributed by atoms with Gasteiger partial charge in [0.15, 0.2) is 0 Å². The van der Waals surface area contributed by atoms with Crippen LogP contribution in [0.15, 0.2) is 54.9 Å². The Bertz CT molecular complexity index is 501. The number of nitrogens with one attached hydrogen (secondary N) is 1. The SMILES string of the molecule is c1ccc(C2CCC(NCc3cccnc3)CC2)cc1. The zero-order valence-corrected chi connectivity index (χ0v) is 11.8. The number of benzene rings is 1. The third-order valence-corrected chi connectivity index (χ3v) is 4.32. The van der Waals surface area contributed by atoms with Crippen LogP contribution in [0.2, 0.25) is 0 Å². The normalized spacial score (nSPS) is 22.6. The van der Waals surface area contributed by atoms with E-state index in [-0.39, 0.29) is 0 Å². The van der Waals surface area contributed by atoms with Gasteiger partial charge in [0.2, 0.25) is 0 Å². The van der Waals surface area contributed by atoms with E-state index in [2.05, 4.69) is 46.7 Å². The van der Waals surface area contributed by atoms with E-state index in [1.807, 2.05) is 18.5 Å². The van der Waals surface area contributed by atoms with Crippen LogP contribution in [0.3, 0.4) is 0 Å². The summed E-state index contributed by atoms with van der Waals surface area (Å²) in [7, 11) is 0. The molecule has 1 aromatic carbocycles. The molecule has 0 amide bonds. The van der Waals surface area contributed by atoms with E-state index in [0.717, 1.165) is 12.5 Å². The van der Waals surface area contributed by atoms with E-state index in [1.54, 1.807) is 0 Å². The van der Waals surface area contributed by atoms with Crippen LogP contribution in [0, 0.1) is 0 Å². The molecule has 2 heteroatoms. The Kier molecular flexibility index (Phi) is 4.44. The minimum Gasteiger partial charge on any atom is -0.310 e. The quantitative estimate of drug-likeness (QED) is 0.908. The van der Waals surface area contributed by atoms with Gasteiger partial charge < -0.3 is 5.32 Å². The molecule has 20 heavy (non-hydrogen) atoms. The minimum absolute atomic E-state index is 0.662. The van der Waals surface area contributed by atoms with Gasteiger partial charge in [0.25, 0.3) is 0 Å². The van der Waals surface area contributed by atoms with E-state index in [1.165, 1.54) is 36.8 Å². The van der Waals surface area contributed by atoms with Gasteiger partial charge >= 0.3 is 0 Å². The molecular weight excluding hydrogens is 244 g/mol. The molecule has 1 aliphatic carbocycles. The molecule has 1 aromatic heterocycles. The topological polar surface area (TPSA) is 24.9 Å². The van der Waals surface area contributed by atoms with Crippen LogP contribution in [0.25, 0.3) is 0 Å². The first kappa shape index (κ1) is 13.3. The van der Waals surface area contributed by atoms with Crippen molar-refractivity contribution in [2.24, 2.45) is 0 Å². The van der Waals surface area contributed by atoms with Gasteiger partial charge in [-0.3, -0.25) is 4.98 Å². The minimum atomic E-state index is 0.662. The van der Waals surface area contributed by atoms with Crippen LogP contribution in [0.4, 0.5) is 0 Å². The molecule has 0 aliphatic heterocycles. The van der Waals surface area contributed by atoms with Crippen molar-refractivity contribution in [3.05, 3.63) is 66.0 Å². The van der Waals surface area contributed by atoms with Crippen LogP contribution in [0.5, 0.6) is 0 Å². The Hall–Kier alpha value is -1.67. The van der Waals surface area contributed by atoms with Crippen molar-refractivity contribution < 1.29 is 0 Å². The summed E-state index contributed by atoms with van der Waals surface area (Å²) in [6.07, 6.45) is 8.93. The van der Waals surface area contributed by atoms with Crippen LogP contribution in [-0.2, 0) is 6.54 Å². The van der Waals surface area contributed by atoms with E-state index in [4.69, 9.17) is 0 Å². The smallest absolute Gasteiger partial charge is 0.0312 e. The van der Waals surface area contributed by atoms with Gasteiger partial charge in [0.05, 0.1) is 0 Å². The molecule has 0 unspecified atom stereocenters. The predicted octanol–water partition coefficient (Wildman–Crippen LogP) is 3.90. The monoisotopic (exact) mass is 266 g/mol. The molecule has 0 spiro atoms. The fourth-order valence-electron chi connectivity index (χ4n) is 3.12. The molecule has 0 bridgehead atoms. The zero-order chi connectivity index (χ0) is 13.6. The molecule has 1 N–H and O–H groups in total. The molecule has 0 atom stereocenters. The second kappa shape index (κ2) is 6.67. The molecule has 104 valence electrons. The van der Waals surface area contributed by atoms with E-state index < -0.39 is 0 Å². The summed E-state index contributed by atoms with van der Waals surface area (Å²) >= 11 is 0. The number of rotatable bonds is 4. The maximum Gasteiger partial charge on any atom is 0.0312 e. The lowest BCUT2D eigenvalue weighted by Gasteiger charge is -2.29. The maximum atomic E-state index is 4.16. The number of nitrogens with zero attached hydrogens (tertiary/aromatic N) is 1. The van der Waals surface area contributed by atoms with E-state index >= 15 is 0 Å². The standard InChI is InChI=1S/C18H22N2/c1-2-6-16(7-3-1)17-8-10-18(11-9-17)20-14-15-5-4-12-19-13-15/h1-7,12-13,17-18,20H,8-11,14H2. The molecule has 1 aliphatic rings. The lowest BCUT2D eigenvalue weighted by molar-refractivity contribution is 0.341. The molecule has 0 radical (unpaired) electrons. The van der Waals surface area contributed by atoms with Crippen molar-refractivity contribution in [2.75, 3.05) is 0 Å². The molecule has 1 heterocycles. The predicted molar refractivity (Wildman–Crippen MR) is 82.5 cm³/mol. The van der Waals surface area contributed by atoms with Gasteiger partial charge in [-0.25, -0.2) is 0 Å². The Labute approximate surface area is 121 Å². The molecule has 3 rings (SSSR count). The fraction of sp³-hybridized carbons (Fsp3) is 0.389. The van der Waals surface area contributed by atoms with Gasteiger partial charge in [-0.05, 0) is 48.8 Å². The highest BCUT2D eigenvalue weighted by Crippen LogP contribution is 2.32. The third-order valence-electron chi connectivity index (χ3n) is 4.32. The first-order valence-corrected chi connectivity index (χ1v) is 7.59. The Morgan fingerprint density at radius 2 is 1.75 bits per heavy atom. The summed E-state index contributed by atoms with van der Waals surface area (Å²) in [6.45, 7) is 0.939. The Morgan fingerprint density at radius 1 is 0.950 bits per heavy atom. The third kappa shape index (κ3) is 3.45. The Balaban J connectivity index is 1.47. The van der Waals surface area contributed by atoms with Crippen LogP contribution >= 0.6 is 0 Å². The van der Waals surface area contributed by atoms with Gasteiger partial charge in [0, 0.05) is 25.0 Å². The highest BCUT2D eigenvalue weighted by molar-refractivity contribution is 5.20. The molecule has 0 saturated heterocycles. The second-order valence-corrected chi connectivity index (χ2v) is 5.70. The molecule has 2 aromatic rings. The van der Waals surface area contributed by atoms with Gasteiger partial charge in [-0.1, -0.05) is 36.4 Å². The van der Waals surface area contributed by atoms with Crippen LogP contribution < -0.4 is 5.32 Å². The summed E-state index contributed by atoms with van der Waals surface area (Å²) in [4.78, 5) is 4.16. The average molecular weight is 266 g/mol. The van der Waals surface area contributed by atoms with Gasteiger partial charge in [-0.2, -0.15) is 0 Å². The van der Waals surface area contributed by atoms with E-state index in [0.29, 0.717) is 6.04 Å². The zero-order valence-electron chi connectivity index (χ0n) is 11.8.